The first-order valence-electron chi connectivity index (χ1n) is 16.0. The lowest BCUT2D eigenvalue weighted by atomic mass is 9.89. The highest BCUT2D eigenvalue weighted by atomic mass is 16.1. The van der Waals surface area contributed by atoms with Gasteiger partial charge in [0.15, 0.2) is 6.21 Å². The average Bonchev–Trinajstić information content (AvgIpc) is 3.52. The summed E-state index contributed by atoms with van der Waals surface area (Å²) in [5, 5.41) is 8.34. The van der Waals surface area contributed by atoms with Crippen LogP contribution in [0.3, 0.4) is 0 Å². The number of aromatic amines is 1. The Morgan fingerprint density at radius 3 is 2.49 bits per heavy atom. The lowest BCUT2D eigenvalue weighted by Gasteiger charge is -2.32. The molecule has 2 aromatic carbocycles. The molecule has 2 fully saturated rings. The van der Waals surface area contributed by atoms with Gasteiger partial charge in [0.25, 0.3) is 0 Å². The third kappa shape index (κ3) is 7.55. The Hall–Kier alpha value is -3.90. The maximum absolute atomic E-state index is 11.0. The van der Waals surface area contributed by atoms with E-state index in [-0.39, 0.29) is 5.92 Å². The van der Waals surface area contributed by atoms with Crippen molar-refractivity contribution in [3.05, 3.63) is 88.9 Å². The van der Waals surface area contributed by atoms with Gasteiger partial charge in [-0.2, -0.15) is 5.10 Å². The molecule has 0 bridgehead atoms. The highest BCUT2D eigenvalue weighted by Crippen LogP contribution is 2.31. The fraction of sp³-hybridized carbons (Fsp3) is 0.405. The lowest BCUT2D eigenvalue weighted by Crippen LogP contribution is -2.34. The number of benzene rings is 2. The van der Waals surface area contributed by atoms with Crippen molar-refractivity contribution in [2.75, 3.05) is 32.7 Å². The van der Waals surface area contributed by atoms with Crippen LogP contribution in [0.4, 0.5) is 0 Å². The molecule has 4 heterocycles. The number of hydrogen-bond donors (Lipinski definition) is 1. The molecule has 0 unspecified atom stereocenters. The zero-order valence-electron chi connectivity index (χ0n) is 26.2. The van der Waals surface area contributed by atoms with Gasteiger partial charge >= 0.3 is 0 Å². The third-order valence-corrected chi connectivity index (χ3v) is 8.90. The van der Waals surface area contributed by atoms with Gasteiger partial charge in [0.05, 0.1) is 11.7 Å². The molecule has 2 aromatic heterocycles. The summed E-state index contributed by atoms with van der Waals surface area (Å²) in [6.45, 7) is 13.5. The van der Waals surface area contributed by atoms with Crippen molar-refractivity contribution in [1.82, 2.24) is 20.1 Å². The number of nitrogens with one attached hydrogen (secondary N) is 1. The molecule has 1 N–H and O–H groups in total. The second-order valence-electron chi connectivity index (χ2n) is 11.9. The number of carbonyl (C=O) groups excluding carboxylic acids is 1. The smallest absolute Gasteiger partial charge is 0.170 e. The van der Waals surface area contributed by atoms with E-state index in [2.05, 4.69) is 99.3 Å². The summed E-state index contributed by atoms with van der Waals surface area (Å²) < 4.78 is 2.36. The van der Waals surface area contributed by atoms with Crippen LogP contribution in [-0.2, 0) is 4.79 Å². The minimum absolute atomic E-state index is 0.243. The Morgan fingerprint density at radius 2 is 1.77 bits per heavy atom. The third-order valence-electron chi connectivity index (χ3n) is 8.90. The monoisotopic (exact) mass is 576 g/mol. The van der Waals surface area contributed by atoms with Crippen molar-refractivity contribution in [2.45, 2.75) is 59.3 Å². The number of pyridine rings is 1. The van der Waals surface area contributed by atoms with E-state index in [1.807, 2.05) is 26.2 Å². The van der Waals surface area contributed by atoms with Gasteiger partial charge in [0.1, 0.15) is 19.4 Å². The summed E-state index contributed by atoms with van der Waals surface area (Å²) in [6.07, 6.45) is 13.8. The van der Waals surface area contributed by atoms with Crippen LogP contribution in [0, 0.1) is 12.8 Å². The predicted molar refractivity (Wildman–Crippen MR) is 178 cm³/mol. The van der Waals surface area contributed by atoms with E-state index in [0.29, 0.717) is 5.92 Å². The lowest BCUT2D eigenvalue weighted by molar-refractivity contribution is -0.534. The minimum Gasteiger partial charge on any atom is -0.303 e. The topological polar surface area (TPSA) is 64.9 Å². The Balaban J connectivity index is 0.00000180. The van der Waals surface area contributed by atoms with Crippen LogP contribution < -0.4 is 0 Å². The Morgan fingerprint density at radius 1 is 1.02 bits per heavy atom. The first-order chi connectivity index (χ1) is 21.1. The number of piperidine rings is 2. The van der Waals surface area contributed by atoms with Crippen molar-refractivity contribution in [3.8, 4) is 11.1 Å². The molecular weight excluding hydrogens is 530 g/mol. The first-order valence-corrected chi connectivity index (χ1v) is 16.0. The molecule has 4 aromatic rings. The van der Waals surface area contributed by atoms with Crippen molar-refractivity contribution in [3.63, 3.8) is 0 Å². The number of H-pyrrole nitrogens is 1. The highest BCUT2D eigenvalue weighted by molar-refractivity contribution is 5.86. The molecule has 0 atom stereocenters. The predicted octanol–water partition coefficient (Wildman–Crippen LogP) is 7.28. The van der Waals surface area contributed by atoms with Gasteiger partial charge in [-0.3, -0.25) is 15.0 Å². The van der Waals surface area contributed by atoms with Crippen molar-refractivity contribution >= 4 is 29.5 Å². The highest BCUT2D eigenvalue weighted by Gasteiger charge is 2.22. The number of aryl methyl sites for hydroxylation is 1. The summed E-state index contributed by atoms with van der Waals surface area (Å²) >= 11 is 0. The average molecular weight is 577 g/mol. The van der Waals surface area contributed by atoms with Gasteiger partial charge < -0.3 is 4.79 Å². The molecule has 43 heavy (non-hydrogen) atoms. The van der Waals surface area contributed by atoms with Gasteiger partial charge in [-0.25, -0.2) is 4.58 Å². The Bertz CT molecular complexity index is 1560. The van der Waals surface area contributed by atoms with E-state index in [1.165, 1.54) is 46.2 Å². The number of rotatable bonds is 7. The number of carbonyl (C=O) groups is 1. The number of aldehydes is 1. The summed E-state index contributed by atoms with van der Waals surface area (Å²) in [5.41, 5.74) is 9.79. The Labute approximate surface area is 256 Å². The second-order valence-corrected chi connectivity index (χ2v) is 11.9. The number of likely N-dealkylation sites (tertiary alicyclic amines) is 1. The molecule has 0 radical (unpaired) electrons. The normalized spacial score (nSPS) is 18.3. The van der Waals surface area contributed by atoms with Gasteiger partial charge in [0, 0.05) is 53.7 Å². The number of nitrogens with zero attached hydrogens (tertiary/aromatic N) is 4. The quantitative estimate of drug-likeness (QED) is 0.185. The van der Waals surface area contributed by atoms with Crippen molar-refractivity contribution < 1.29 is 9.37 Å². The maximum Gasteiger partial charge on any atom is 0.170 e. The van der Waals surface area contributed by atoms with E-state index in [0.717, 1.165) is 68.4 Å². The molecule has 6 rings (SSSR count). The molecule has 2 aliphatic rings. The summed E-state index contributed by atoms with van der Waals surface area (Å²) in [7, 11) is 0. The van der Waals surface area contributed by atoms with Crippen LogP contribution in [-0.4, -0.2) is 69.9 Å². The van der Waals surface area contributed by atoms with Crippen molar-refractivity contribution in [2.24, 2.45) is 5.92 Å². The largest absolute Gasteiger partial charge is 0.303 e. The van der Waals surface area contributed by atoms with Crippen LogP contribution in [0.1, 0.15) is 74.8 Å². The molecule has 224 valence electrons. The standard InChI is InChI=1S/C35H40N5O.C2H6/c1-25(19-34-26(2)36-14-9-33(34)31-7-8-35-32(20-31)21-37-38-35)22-39-17-12-30(13-18-39)29-5-3-27(4-6-29)23-40-15-10-28(24-41)11-16-40;1-2/h3-9,14,19-21,23-24,28,30H,10-13,15-18,22H2,1-2H3,(H,37,38);1-2H3/q+1;/b25-19+,40-23?;. The van der Waals surface area contributed by atoms with Gasteiger partial charge in [-0.1, -0.05) is 43.7 Å². The van der Waals surface area contributed by atoms with E-state index in [1.54, 1.807) is 0 Å². The first kappa shape index (κ1) is 30.6. The summed E-state index contributed by atoms with van der Waals surface area (Å²) in [6, 6.07) is 17.8. The van der Waals surface area contributed by atoms with E-state index < -0.39 is 0 Å². The molecule has 2 saturated heterocycles. The van der Waals surface area contributed by atoms with Crippen LogP contribution in [0.15, 0.2) is 66.5 Å². The van der Waals surface area contributed by atoms with Crippen LogP contribution in [0.5, 0.6) is 0 Å². The van der Waals surface area contributed by atoms with E-state index in [4.69, 9.17) is 0 Å². The summed E-state index contributed by atoms with van der Waals surface area (Å²) in [5.74, 6) is 0.866. The molecule has 0 saturated carbocycles. The van der Waals surface area contributed by atoms with Gasteiger partial charge in [0.2, 0.25) is 0 Å². The van der Waals surface area contributed by atoms with Crippen LogP contribution in [0.25, 0.3) is 28.1 Å². The zero-order valence-corrected chi connectivity index (χ0v) is 26.2. The van der Waals surface area contributed by atoms with Crippen LogP contribution >= 0.6 is 0 Å². The molecule has 2 aliphatic heterocycles. The van der Waals surface area contributed by atoms with Gasteiger partial charge in [-0.15, -0.1) is 0 Å². The van der Waals surface area contributed by atoms with E-state index in [9.17, 15) is 4.79 Å². The SMILES string of the molecule is C/C(=C\c1c(-c2ccc3[nH]ncc3c2)ccnc1C)CN1CCC(c2ccc(C=[N+]3CCC(C=O)CC3)cc2)CC1.CC. The number of hydrogen-bond acceptors (Lipinski definition) is 4. The molecule has 0 aliphatic carbocycles. The number of fused-ring (bicyclic) bond motifs is 1. The van der Waals surface area contributed by atoms with Crippen molar-refractivity contribution in [1.29, 1.82) is 0 Å². The zero-order chi connectivity index (χ0) is 30.2. The second kappa shape index (κ2) is 14.5. The number of aromatic nitrogens is 3. The molecule has 0 amide bonds. The molecule has 0 spiro atoms. The minimum atomic E-state index is 0.243. The fourth-order valence-electron chi connectivity index (χ4n) is 6.44. The summed E-state index contributed by atoms with van der Waals surface area (Å²) in [4.78, 5) is 18.2. The van der Waals surface area contributed by atoms with Crippen LogP contribution in [0.2, 0.25) is 0 Å². The fourth-order valence-corrected chi connectivity index (χ4v) is 6.44. The maximum atomic E-state index is 11.0. The molecular formula is C37H46N5O+. The van der Waals surface area contributed by atoms with Gasteiger partial charge in [-0.05, 0) is 92.7 Å². The van der Waals surface area contributed by atoms with E-state index >= 15 is 0 Å². The molecule has 6 nitrogen and oxygen atoms in total. The molecule has 6 heteroatoms. The Kier molecular flexibility index (Phi) is 10.3.